The van der Waals surface area contributed by atoms with Crippen molar-refractivity contribution in [3.63, 3.8) is 0 Å². The quantitative estimate of drug-likeness (QED) is 0.279. The van der Waals surface area contributed by atoms with Crippen LogP contribution in [-0.4, -0.2) is 41.7 Å². The summed E-state index contributed by atoms with van der Waals surface area (Å²) < 4.78 is 5.38. The smallest absolute Gasteiger partial charge is 0.243 e. The summed E-state index contributed by atoms with van der Waals surface area (Å²) >= 11 is 13.8. The van der Waals surface area contributed by atoms with Gasteiger partial charge in [-0.3, -0.25) is 9.59 Å². The fraction of sp³-hybridized carbons (Fsp3) is 0.310. The van der Waals surface area contributed by atoms with Gasteiger partial charge in [0.15, 0.2) is 0 Å². The van der Waals surface area contributed by atoms with Crippen LogP contribution in [-0.2, 0) is 28.3 Å². The summed E-state index contributed by atoms with van der Waals surface area (Å²) in [5.41, 5.74) is 2.77. The second-order valence-electron chi connectivity index (χ2n) is 8.97. The summed E-state index contributed by atoms with van der Waals surface area (Å²) in [5, 5.41) is 4.14. The zero-order valence-corrected chi connectivity index (χ0v) is 23.6. The molecule has 3 rings (SSSR count). The highest BCUT2D eigenvalue weighted by Crippen LogP contribution is 2.26. The van der Waals surface area contributed by atoms with E-state index < -0.39 is 6.04 Å². The van der Waals surface area contributed by atoms with Gasteiger partial charge in [-0.25, -0.2) is 0 Å². The van der Waals surface area contributed by atoms with Gasteiger partial charge < -0.3 is 15.0 Å². The van der Waals surface area contributed by atoms with Crippen molar-refractivity contribution < 1.29 is 14.3 Å². The Morgan fingerprint density at radius 2 is 1.70 bits per heavy atom. The number of rotatable bonds is 12. The van der Waals surface area contributed by atoms with Crippen LogP contribution >= 0.6 is 35.0 Å². The Morgan fingerprint density at radius 3 is 2.38 bits per heavy atom. The van der Waals surface area contributed by atoms with Gasteiger partial charge in [0.05, 0.1) is 12.9 Å². The van der Waals surface area contributed by atoms with Gasteiger partial charge in [-0.2, -0.15) is 0 Å². The average molecular weight is 560 g/mol. The molecule has 8 heteroatoms. The standard InChI is InChI=1S/C29H32Cl2N2O3S/c1-20(2)32-29(35)27(15-21-8-5-4-6-9-21)33(17-22-10-7-11-25(14-22)36-3)28(34)19-37-18-23-12-13-24(30)16-26(23)31/h4-14,16,20,27H,15,17-19H2,1-3H3,(H,32,35)/t27-/m0/s1. The Labute approximate surface area is 233 Å². The van der Waals surface area contributed by atoms with E-state index in [0.29, 0.717) is 28.0 Å². The maximum absolute atomic E-state index is 13.7. The van der Waals surface area contributed by atoms with Gasteiger partial charge in [0.2, 0.25) is 11.8 Å². The van der Waals surface area contributed by atoms with E-state index in [1.54, 1.807) is 24.1 Å². The van der Waals surface area contributed by atoms with Crippen LogP contribution in [0.3, 0.4) is 0 Å². The van der Waals surface area contributed by atoms with Crippen molar-refractivity contribution in [2.45, 2.75) is 44.6 Å². The Kier molecular flexibility index (Phi) is 11.2. The van der Waals surface area contributed by atoms with Crippen molar-refractivity contribution in [1.29, 1.82) is 0 Å². The number of thioether (sulfide) groups is 1. The van der Waals surface area contributed by atoms with Crippen LogP contribution in [0, 0.1) is 0 Å². The minimum Gasteiger partial charge on any atom is -0.497 e. The molecule has 196 valence electrons. The fourth-order valence-electron chi connectivity index (χ4n) is 3.87. The van der Waals surface area contributed by atoms with Crippen molar-refractivity contribution in [1.82, 2.24) is 10.2 Å². The summed E-state index contributed by atoms with van der Waals surface area (Å²) in [7, 11) is 1.61. The Hall–Kier alpha value is -2.67. The molecule has 0 unspecified atom stereocenters. The molecule has 0 saturated carbocycles. The lowest BCUT2D eigenvalue weighted by Gasteiger charge is -2.32. The third kappa shape index (κ3) is 8.99. The molecule has 0 aliphatic heterocycles. The highest BCUT2D eigenvalue weighted by molar-refractivity contribution is 7.99. The Morgan fingerprint density at radius 1 is 0.973 bits per heavy atom. The number of halogens is 2. The zero-order valence-electron chi connectivity index (χ0n) is 21.2. The molecule has 3 aromatic carbocycles. The monoisotopic (exact) mass is 558 g/mol. The number of nitrogens with one attached hydrogen (secondary N) is 1. The van der Waals surface area contributed by atoms with Crippen LogP contribution in [0.25, 0.3) is 0 Å². The SMILES string of the molecule is COc1cccc(CN(C(=O)CSCc2ccc(Cl)cc2Cl)[C@@H](Cc2ccccc2)C(=O)NC(C)C)c1. The molecule has 0 aliphatic rings. The molecular formula is C29H32Cl2N2O3S. The van der Waals surface area contributed by atoms with Gasteiger partial charge in [0, 0.05) is 34.8 Å². The summed E-state index contributed by atoms with van der Waals surface area (Å²) in [6, 6.07) is 21.9. The van der Waals surface area contributed by atoms with Crippen molar-refractivity contribution in [3.05, 3.63) is 99.5 Å². The Bertz CT molecular complexity index is 1190. The molecule has 1 N–H and O–H groups in total. The van der Waals surface area contributed by atoms with Crippen LogP contribution in [0.1, 0.15) is 30.5 Å². The molecule has 0 aromatic heterocycles. The maximum atomic E-state index is 13.7. The first-order valence-electron chi connectivity index (χ1n) is 12.0. The molecule has 0 fully saturated rings. The molecule has 0 heterocycles. The van der Waals surface area contributed by atoms with Gasteiger partial charge in [0.1, 0.15) is 11.8 Å². The average Bonchev–Trinajstić information content (AvgIpc) is 2.87. The van der Waals surface area contributed by atoms with E-state index in [-0.39, 0.29) is 30.2 Å². The molecular weight excluding hydrogens is 527 g/mol. The largest absolute Gasteiger partial charge is 0.497 e. The van der Waals surface area contributed by atoms with Gasteiger partial charge in [-0.15, -0.1) is 11.8 Å². The van der Waals surface area contributed by atoms with Crippen molar-refractivity contribution in [2.75, 3.05) is 12.9 Å². The number of hydrogen-bond acceptors (Lipinski definition) is 4. The van der Waals surface area contributed by atoms with Crippen LogP contribution in [0.2, 0.25) is 10.0 Å². The second kappa shape index (κ2) is 14.3. The van der Waals surface area contributed by atoms with E-state index in [2.05, 4.69) is 5.32 Å². The lowest BCUT2D eigenvalue weighted by atomic mass is 10.0. The molecule has 3 aromatic rings. The van der Waals surface area contributed by atoms with E-state index in [9.17, 15) is 9.59 Å². The summed E-state index contributed by atoms with van der Waals surface area (Å²) in [6.07, 6.45) is 0.406. The minimum atomic E-state index is -0.678. The van der Waals surface area contributed by atoms with Crippen LogP contribution < -0.4 is 10.1 Å². The topological polar surface area (TPSA) is 58.6 Å². The molecule has 1 atom stereocenters. The number of methoxy groups -OCH3 is 1. The fourth-order valence-corrected chi connectivity index (χ4v) is 5.34. The van der Waals surface area contributed by atoms with Crippen LogP contribution in [0.4, 0.5) is 0 Å². The first-order valence-corrected chi connectivity index (χ1v) is 14.0. The number of ether oxygens (including phenoxy) is 1. The third-order valence-corrected chi connectivity index (χ3v) is 7.24. The van der Waals surface area contributed by atoms with Crippen LogP contribution in [0.5, 0.6) is 5.75 Å². The van der Waals surface area contributed by atoms with Crippen molar-refractivity contribution >= 4 is 46.8 Å². The molecule has 5 nitrogen and oxygen atoms in total. The summed E-state index contributed by atoms with van der Waals surface area (Å²) in [6.45, 7) is 4.11. The second-order valence-corrected chi connectivity index (χ2v) is 10.8. The highest BCUT2D eigenvalue weighted by Gasteiger charge is 2.30. The van der Waals surface area contributed by atoms with E-state index in [0.717, 1.165) is 16.7 Å². The van der Waals surface area contributed by atoms with Crippen LogP contribution in [0.15, 0.2) is 72.8 Å². The highest BCUT2D eigenvalue weighted by atomic mass is 35.5. The van der Waals surface area contributed by atoms with Gasteiger partial charge in [-0.1, -0.05) is 71.7 Å². The molecule has 0 saturated heterocycles. The number of carbonyl (C=O) groups excluding carboxylic acids is 2. The number of benzene rings is 3. The van der Waals surface area contributed by atoms with Gasteiger partial charge in [-0.05, 0) is 54.8 Å². The summed E-state index contributed by atoms with van der Waals surface area (Å²) in [5.74, 6) is 1.14. The molecule has 0 spiro atoms. The normalized spacial score (nSPS) is 11.7. The van der Waals surface area contributed by atoms with Gasteiger partial charge in [0.25, 0.3) is 0 Å². The maximum Gasteiger partial charge on any atom is 0.243 e. The predicted molar refractivity (Wildman–Crippen MR) is 153 cm³/mol. The van der Waals surface area contributed by atoms with Crippen molar-refractivity contribution in [2.24, 2.45) is 0 Å². The zero-order chi connectivity index (χ0) is 26.8. The minimum absolute atomic E-state index is 0.0547. The lowest BCUT2D eigenvalue weighted by molar-refractivity contribution is -0.139. The molecule has 0 aliphatic carbocycles. The number of hydrogen-bond donors (Lipinski definition) is 1. The Balaban J connectivity index is 1.87. The number of nitrogens with zero attached hydrogens (tertiary/aromatic N) is 1. The van der Waals surface area contributed by atoms with E-state index in [1.165, 1.54) is 11.8 Å². The molecule has 2 amide bonds. The van der Waals surface area contributed by atoms with E-state index >= 15 is 0 Å². The number of carbonyl (C=O) groups is 2. The van der Waals surface area contributed by atoms with Crippen molar-refractivity contribution in [3.8, 4) is 5.75 Å². The molecule has 0 bridgehead atoms. The molecule has 37 heavy (non-hydrogen) atoms. The first-order chi connectivity index (χ1) is 17.8. The third-order valence-electron chi connectivity index (χ3n) is 5.69. The molecule has 0 radical (unpaired) electrons. The lowest BCUT2D eigenvalue weighted by Crippen LogP contribution is -2.52. The van der Waals surface area contributed by atoms with Gasteiger partial charge >= 0.3 is 0 Å². The predicted octanol–water partition coefficient (Wildman–Crippen LogP) is 6.40. The van der Waals surface area contributed by atoms with E-state index in [4.69, 9.17) is 27.9 Å². The first kappa shape index (κ1) is 28.9. The number of amides is 2. The summed E-state index contributed by atoms with van der Waals surface area (Å²) in [4.78, 5) is 28.8. The van der Waals surface area contributed by atoms with E-state index in [1.807, 2.05) is 74.5 Å².